The predicted molar refractivity (Wildman–Crippen MR) is 183 cm³/mol. The molecular weight excluding hydrogens is 676 g/mol. The smallest absolute Gasteiger partial charge is 0.127 e. The van der Waals surface area contributed by atoms with Crippen molar-refractivity contribution in [2.75, 3.05) is 67.6 Å². The average molecular weight is 743 g/mol. The number of para-hydroxylation sites is 2. The fourth-order valence-corrected chi connectivity index (χ4v) is 5.84. The first-order valence-corrected chi connectivity index (χ1v) is 17.4. The minimum Gasteiger partial charge on any atom is -1.00 e. The van der Waals surface area contributed by atoms with Crippen LogP contribution in [-0.2, 0) is 0 Å². The molecule has 0 fully saturated rings. The number of hydrogen-bond donors (Lipinski definition) is 0. The summed E-state index contributed by atoms with van der Waals surface area (Å²) < 4.78 is 14.9. The minimum absolute atomic E-state index is 0. The molecule has 254 valence electrons. The maximum Gasteiger partial charge on any atom is 0.127 e. The molecular formula is C38H66Br2N2O2. The maximum atomic E-state index is 6.38. The molecule has 0 aliphatic heterocycles. The second-order valence-corrected chi connectivity index (χ2v) is 13.7. The van der Waals surface area contributed by atoms with Crippen molar-refractivity contribution < 1.29 is 52.4 Å². The maximum absolute atomic E-state index is 6.38. The van der Waals surface area contributed by atoms with Gasteiger partial charge in [-0.3, -0.25) is 0 Å². The van der Waals surface area contributed by atoms with E-state index in [-0.39, 0.29) is 34.0 Å². The van der Waals surface area contributed by atoms with Gasteiger partial charge < -0.3 is 52.4 Å². The van der Waals surface area contributed by atoms with Crippen LogP contribution in [0.3, 0.4) is 0 Å². The summed E-state index contributed by atoms with van der Waals surface area (Å²) in [5.74, 6) is 1.90. The summed E-state index contributed by atoms with van der Waals surface area (Å²) in [6, 6.07) is 16.9. The third-order valence-electron chi connectivity index (χ3n) is 8.63. The Morgan fingerprint density at radius 2 is 0.750 bits per heavy atom. The predicted octanol–water partition coefficient (Wildman–Crippen LogP) is 3.77. The van der Waals surface area contributed by atoms with Crippen molar-refractivity contribution in [3.8, 4) is 22.6 Å². The highest BCUT2D eigenvalue weighted by Crippen LogP contribution is 2.36. The van der Waals surface area contributed by atoms with Crippen molar-refractivity contribution in [1.82, 2.24) is 0 Å². The van der Waals surface area contributed by atoms with E-state index in [2.05, 4.69) is 90.6 Å². The van der Waals surface area contributed by atoms with E-state index in [0.29, 0.717) is 0 Å². The van der Waals surface area contributed by atoms with Crippen molar-refractivity contribution in [2.45, 2.75) is 104 Å². The lowest BCUT2D eigenvalue weighted by atomic mass is 10.0. The lowest BCUT2D eigenvalue weighted by molar-refractivity contribution is -0.890. The second kappa shape index (κ2) is 25.1. The van der Waals surface area contributed by atoms with Gasteiger partial charge in [0.2, 0.25) is 0 Å². The molecule has 0 amide bonds. The number of rotatable bonds is 25. The summed E-state index contributed by atoms with van der Waals surface area (Å²) in [4.78, 5) is 0. The summed E-state index contributed by atoms with van der Waals surface area (Å²) in [5, 5.41) is 0. The molecule has 4 nitrogen and oxygen atoms in total. The molecule has 0 spiro atoms. The van der Waals surface area contributed by atoms with Gasteiger partial charge >= 0.3 is 0 Å². The van der Waals surface area contributed by atoms with Gasteiger partial charge in [-0.25, -0.2) is 0 Å². The van der Waals surface area contributed by atoms with Crippen molar-refractivity contribution in [2.24, 2.45) is 0 Å². The van der Waals surface area contributed by atoms with Crippen molar-refractivity contribution in [1.29, 1.82) is 0 Å². The Kier molecular flexibility index (Phi) is 24.4. The monoisotopic (exact) mass is 740 g/mol. The fourth-order valence-electron chi connectivity index (χ4n) is 5.84. The van der Waals surface area contributed by atoms with Crippen molar-refractivity contribution in [3.63, 3.8) is 0 Å². The standard InChI is InChI=1S/C38H66N2O2.2BrH/c1-7-9-11-13-15-21-29-39(3,4)31-23-33-41-37-27-19-17-25-35(37)36-26-18-20-28-38(36)42-34-24-32-40(5,6)30-22-16-14-12-10-8-2;;/h17-20,25-28H,7-16,21-24,29-34H2,1-6H3;2*1H/q+2;;/p-2. The van der Waals surface area contributed by atoms with Gasteiger partial charge in [-0.05, 0) is 37.8 Å². The first kappa shape index (κ1) is 42.9. The summed E-state index contributed by atoms with van der Waals surface area (Å²) >= 11 is 0. The van der Waals surface area contributed by atoms with E-state index in [1.54, 1.807) is 0 Å². The van der Waals surface area contributed by atoms with Crippen LogP contribution < -0.4 is 43.4 Å². The molecule has 2 rings (SSSR count). The summed E-state index contributed by atoms with van der Waals surface area (Å²) in [7, 11) is 9.45. The van der Waals surface area contributed by atoms with E-state index in [1.807, 2.05) is 0 Å². The molecule has 2 aromatic rings. The van der Waals surface area contributed by atoms with E-state index < -0.39 is 0 Å². The van der Waals surface area contributed by atoms with Crippen LogP contribution in [0, 0.1) is 0 Å². The van der Waals surface area contributed by atoms with Gasteiger partial charge in [0, 0.05) is 24.0 Å². The number of benzene rings is 2. The van der Waals surface area contributed by atoms with E-state index >= 15 is 0 Å². The lowest BCUT2D eigenvalue weighted by Gasteiger charge is -2.30. The van der Waals surface area contributed by atoms with Crippen LogP contribution in [0.2, 0.25) is 0 Å². The Labute approximate surface area is 293 Å². The first-order chi connectivity index (χ1) is 20.3. The second-order valence-electron chi connectivity index (χ2n) is 13.7. The van der Waals surface area contributed by atoms with Crippen LogP contribution in [0.4, 0.5) is 0 Å². The van der Waals surface area contributed by atoms with Crippen molar-refractivity contribution in [3.05, 3.63) is 48.5 Å². The normalized spacial score (nSPS) is 11.5. The Hall–Kier alpha value is -1.08. The largest absolute Gasteiger partial charge is 1.00 e. The summed E-state index contributed by atoms with van der Waals surface area (Å²) in [6.07, 6.45) is 18.4. The summed E-state index contributed by atoms with van der Waals surface area (Å²) in [6.45, 7) is 10.8. The molecule has 6 heteroatoms. The highest BCUT2D eigenvalue weighted by molar-refractivity contribution is 5.75. The van der Waals surface area contributed by atoms with Gasteiger partial charge in [0.15, 0.2) is 0 Å². The molecule has 0 atom stereocenters. The number of nitrogens with zero attached hydrogens (tertiary/aromatic N) is 2. The zero-order valence-electron chi connectivity index (χ0n) is 29.2. The fraction of sp³-hybridized carbons (Fsp3) is 0.684. The van der Waals surface area contributed by atoms with Gasteiger partial charge in [0.25, 0.3) is 0 Å². The van der Waals surface area contributed by atoms with E-state index in [1.165, 1.54) is 90.1 Å². The van der Waals surface area contributed by atoms with E-state index in [0.717, 1.165) is 70.7 Å². The Morgan fingerprint density at radius 3 is 1.14 bits per heavy atom. The zero-order valence-corrected chi connectivity index (χ0v) is 32.4. The van der Waals surface area contributed by atoms with Crippen molar-refractivity contribution >= 4 is 0 Å². The molecule has 0 saturated heterocycles. The third-order valence-corrected chi connectivity index (χ3v) is 8.63. The van der Waals surface area contributed by atoms with Gasteiger partial charge in [0.05, 0.1) is 67.6 Å². The molecule has 0 N–H and O–H groups in total. The van der Waals surface area contributed by atoms with Crippen LogP contribution in [0.25, 0.3) is 11.1 Å². The third kappa shape index (κ3) is 18.8. The SMILES string of the molecule is CCCCCCCC[N+](C)(C)CCCOc1ccccc1-c1ccccc1OCCC[N+](C)(C)CCCCCCCC.[Br-].[Br-]. The molecule has 44 heavy (non-hydrogen) atoms. The van der Waals surface area contributed by atoms with Crippen LogP contribution >= 0.6 is 0 Å². The van der Waals surface area contributed by atoms with Gasteiger partial charge in [-0.1, -0.05) is 102 Å². The van der Waals surface area contributed by atoms with E-state index in [4.69, 9.17) is 9.47 Å². The molecule has 0 aliphatic rings. The highest BCUT2D eigenvalue weighted by Gasteiger charge is 2.17. The topological polar surface area (TPSA) is 18.5 Å². The van der Waals surface area contributed by atoms with Gasteiger partial charge in [-0.15, -0.1) is 0 Å². The van der Waals surface area contributed by atoms with Crippen LogP contribution in [0.5, 0.6) is 11.5 Å². The van der Waals surface area contributed by atoms with Crippen LogP contribution in [0.1, 0.15) is 104 Å². The zero-order chi connectivity index (χ0) is 30.5. The molecule has 0 unspecified atom stereocenters. The Bertz CT molecular complexity index is 890. The molecule has 2 aromatic carbocycles. The minimum atomic E-state index is 0. The molecule has 0 aromatic heterocycles. The molecule has 0 bridgehead atoms. The number of unbranched alkanes of at least 4 members (excludes halogenated alkanes) is 10. The van der Waals surface area contributed by atoms with E-state index in [9.17, 15) is 0 Å². The molecule has 0 radical (unpaired) electrons. The number of quaternary nitrogens is 2. The molecule has 0 heterocycles. The van der Waals surface area contributed by atoms with Gasteiger partial charge in [-0.2, -0.15) is 0 Å². The number of ether oxygens (including phenoxy) is 2. The first-order valence-electron chi connectivity index (χ1n) is 17.4. The van der Waals surface area contributed by atoms with Crippen LogP contribution in [-0.4, -0.2) is 76.5 Å². The average Bonchev–Trinajstić information content (AvgIpc) is 2.97. The quantitative estimate of drug-likeness (QED) is 0.114. The van der Waals surface area contributed by atoms with Crippen LogP contribution in [0.15, 0.2) is 48.5 Å². The molecule has 0 saturated carbocycles. The van der Waals surface area contributed by atoms with Gasteiger partial charge in [0.1, 0.15) is 11.5 Å². The molecule has 0 aliphatic carbocycles. The Morgan fingerprint density at radius 1 is 0.432 bits per heavy atom. The highest BCUT2D eigenvalue weighted by atomic mass is 79.9. The summed E-state index contributed by atoms with van der Waals surface area (Å²) in [5.41, 5.74) is 2.24. The lowest BCUT2D eigenvalue weighted by Crippen LogP contribution is -3.00. The Balaban J connectivity index is 0.00000924. The number of hydrogen-bond acceptors (Lipinski definition) is 2. The number of halogens is 2.